The van der Waals surface area contributed by atoms with Crippen molar-refractivity contribution in [2.24, 2.45) is 0 Å². The molecule has 0 atom stereocenters. The van der Waals surface area contributed by atoms with Gasteiger partial charge in [-0.2, -0.15) is 0 Å². The Kier molecular flexibility index (Phi) is 4.85. The third kappa shape index (κ3) is 2.82. The molecule has 0 unspecified atom stereocenters. The Labute approximate surface area is 127 Å². The summed E-state index contributed by atoms with van der Waals surface area (Å²) in [6.07, 6.45) is 0. The van der Waals surface area contributed by atoms with Gasteiger partial charge in [0, 0.05) is 33.8 Å². The number of carbonyl (C=O) groups is 1. The first-order valence-electron chi connectivity index (χ1n) is 6.69. The highest BCUT2D eigenvalue weighted by molar-refractivity contribution is 7.89. The summed E-state index contributed by atoms with van der Waals surface area (Å²) in [6.45, 7) is 7.20. The summed E-state index contributed by atoms with van der Waals surface area (Å²) in [5, 5.41) is 0. The zero-order chi connectivity index (χ0) is 16.7. The first-order valence-corrected chi connectivity index (χ1v) is 8.13. The van der Waals surface area contributed by atoms with Gasteiger partial charge in [-0.3, -0.25) is 4.79 Å². The van der Waals surface area contributed by atoms with Gasteiger partial charge in [0.05, 0.1) is 4.90 Å². The van der Waals surface area contributed by atoms with Gasteiger partial charge < -0.3 is 4.90 Å². The molecule has 0 aliphatic carbocycles. The van der Waals surface area contributed by atoms with Gasteiger partial charge in [-0.1, -0.05) is 0 Å². The van der Waals surface area contributed by atoms with E-state index in [0.717, 1.165) is 11.1 Å². The van der Waals surface area contributed by atoms with Crippen molar-refractivity contribution in [2.75, 3.05) is 28.2 Å². The SMILES string of the molecule is Cc1c(C)c(C(=O)N(C)C)c(C)c(S(=O)(=O)N(C)C)c1C. The molecule has 6 heteroatoms. The lowest BCUT2D eigenvalue weighted by Gasteiger charge is -2.23. The fraction of sp³-hybridized carbons (Fsp3) is 0.533. The van der Waals surface area contributed by atoms with Gasteiger partial charge in [-0.15, -0.1) is 0 Å². The smallest absolute Gasteiger partial charge is 0.253 e. The van der Waals surface area contributed by atoms with Crippen molar-refractivity contribution in [3.8, 4) is 0 Å². The van der Waals surface area contributed by atoms with Crippen LogP contribution in [-0.2, 0) is 10.0 Å². The van der Waals surface area contributed by atoms with Gasteiger partial charge in [-0.25, -0.2) is 12.7 Å². The summed E-state index contributed by atoms with van der Waals surface area (Å²) in [5.74, 6) is -0.177. The standard InChI is InChI=1S/C15H24N2O3S/c1-9-10(2)13(15(18)16(5)6)12(4)14(11(9)3)21(19,20)17(7)8/h1-8H3. The third-order valence-electron chi connectivity index (χ3n) is 3.91. The van der Waals surface area contributed by atoms with E-state index in [0.29, 0.717) is 16.7 Å². The Morgan fingerprint density at radius 2 is 1.29 bits per heavy atom. The van der Waals surface area contributed by atoms with Crippen LogP contribution in [0.3, 0.4) is 0 Å². The minimum Gasteiger partial charge on any atom is -0.345 e. The summed E-state index contributed by atoms with van der Waals surface area (Å²) < 4.78 is 26.3. The van der Waals surface area contributed by atoms with E-state index in [1.54, 1.807) is 27.9 Å². The minimum atomic E-state index is -3.60. The highest BCUT2D eigenvalue weighted by Crippen LogP contribution is 2.31. The van der Waals surface area contributed by atoms with Crippen LogP contribution in [0.2, 0.25) is 0 Å². The number of sulfonamides is 1. The van der Waals surface area contributed by atoms with Crippen molar-refractivity contribution in [2.45, 2.75) is 32.6 Å². The topological polar surface area (TPSA) is 57.7 Å². The minimum absolute atomic E-state index is 0.177. The first kappa shape index (κ1) is 17.7. The second kappa shape index (κ2) is 5.77. The molecule has 0 radical (unpaired) electrons. The predicted molar refractivity (Wildman–Crippen MR) is 84.3 cm³/mol. The molecule has 0 aromatic heterocycles. The van der Waals surface area contributed by atoms with Crippen molar-refractivity contribution >= 4 is 15.9 Å². The highest BCUT2D eigenvalue weighted by atomic mass is 32.2. The Balaban J connectivity index is 3.90. The highest BCUT2D eigenvalue weighted by Gasteiger charge is 2.29. The molecule has 0 N–H and O–H groups in total. The van der Waals surface area contributed by atoms with Crippen molar-refractivity contribution in [3.63, 3.8) is 0 Å². The quantitative estimate of drug-likeness (QED) is 0.856. The molecule has 5 nitrogen and oxygen atoms in total. The van der Waals surface area contributed by atoms with Crippen LogP contribution in [0.15, 0.2) is 4.90 Å². The van der Waals surface area contributed by atoms with Gasteiger partial charge >= 0.3 is 0 Å². The largest absolute Gasteiger partial charge is 0.345 e. The normalized spacial score (nSPS) is 11.9. The number of nitrogens with zero attached hydrogens (tertiary/aromatic N) is 2. The summed E-state index contributed by atoms with van der Waals surface area (Å²) in [7, 11) is 2.72. The maximum atomic E-state index is 12.6. The molecule has 21 heavy (non-hydrogen) atoms. The molecule has 118 valence electrons. The van der Waals surface area contributed by atoms with Gasteiger partial charge in [0.25, 0.3) is 5.91 Å². The number of rotatable bonds is 3. The van der Waals surface area contributed by atoms with Crippen LogP contribution >= 0.6 is 0 Å². The lowest BCUT2D eigenvalue weighted by Crippen LogP contribution is -2.28. The lowest BCUT2D eigenvalue weighted by atomic mass is 9.93. The summed E-state index contributed by atoms with van der Waals surface area (Å²) in [4.78, 5) is 14.1. The van der Waals surface area contributed by atoms with E-state index < -0.39 is 10.0 Å². The van der Waals surface area contributed by atoms with Crippen LogP contribution in [0.1, 0.15) is 32.6 Å². The molecule has 0 spiro atoms. The maximum Gasteiger partial charge on any atom is 0.253 e. The Morgan fingerprint density at radius 1 is 0.810 bits per heavy atom. The summed E-state index contributed by atoms with van der Waals surface area (Å²) in [6, 6.07) is 0. The second-order valence-corrected chi connectivity index (χ2v) is 7.78. The molecule has 0 aliphatic heterocycles. The van der Waals surface area contributed by atoms with Crippen molar-refractivity contribution in [3.05, 3.63) is 27.8 Å². The van der Waals surface area contributed by atoms with E-state index in [1.807, 2.05) is 13.8 Å². The van der Waals surface area contributed by atoms with Crippen LogP contribution in [0, 0.1) is 27.7 Å². The lowest BCUT2D eigenvalue weighted by molar-refractivity contribution is 0.0825. The molecule has 0 aliphatic rings. The van der Waals surface area contributed by atoms with Crippen molar-refractivity contribution in [1.82, 2.24) is 9.21 Å². The van der Waals surface area contributed by atoms with Gasteiger partial charge in [0.2, 0.25) is 10.0 Å². The van der Waals surface area contributed by atoms with Crippen LogP contribution < -0.4 is 0 Å². The zero-order valence-electron chi connectivity index (χ0n) is 14.0. The Hall–Kier alpha value is -1.40. The average molecular weight is 312 g/mol. The van der Waals surface area contributed by atoms with E-state index in [4.69, 9.17) is 0 Å². The molecule has 0 bridgehead atoms. The predicted octanol–water partition coefficient (Wildman–Crippen LogP) is 1.87. The molecule has 1 aromatic carbocycles. The number of amides is 1. The van der Waals surface area contributed by atoms with Crippen LogP contribution in [0.5, 0.6) is 0 Å². The van der Waals surface area contributed by atoms with Crippen molar-refractivity contribution < 1.29 is 13.2 Å². The number of hydrogen-bond acceptors (Lipinski definition) is 3. The number of benzene rings is 1. The third-order valence-corrected chi connectivity index (χ3v) is 6.00. The van der Waals surface area contributed by atoms with E-state index in [2.05, 4.69) is 0 Å². The molecule has 0 fully saturated rings. The van der Waals surface area contributed by atoms with Gasteiger partial charge in [0.15, 0.2) is 0 Å². The molecule has 0 saturated carbocycles. The Morgan fingerprint density at radius 3 is 1.67 bits per heavy atom. The van der Waals surface area contributed by atoms with Crippen LogP contribution in [-0.4, -0.2) is 51.7 Å². The van der Waals surface area contributed by atoms with E-state index in [1.165, 1.54) is 23.3 Å². The van der Waals surface area contributed by atoms with E-state index >= 15 is 0 Å². The fourth-order valence-electron chi connectivity index (χ4n) is 2.43. The summed E-state index contributed by atoms with van der Waals surface area (Å²) >= 11 is 0. The average Bonchev–Trinajstić information content (AvgIpc) is 2.35. The number of carbonyl (C=O) groups excluding carboxylic acids is 1. The van der Waals surface area contributed by atoms with Gasteiger partial charge in [0.1, 0.15) is 0 Å². The van der Waals surface area contributed by atoms with E-state index in [-0.39, 0.29) is 10.8 Å². The molecule has 1 amide bonds. The molecular weight excluding hydrogens is 288 g/mol. The van der Waals surface area contributed by atoms with E-state index in [9.17, 15) is 13.2 Å². The molecule has 1 aromatic rings. The van der Waals surface area contributed by atoms with Crippen molar-refractivity contribution in [1.29, 1.82) is 0 Å². The second-order valence-electron chi connectivity index (χ2n) is 5.69. The first-order chi connectivity index (χ1) is 9.44. The van der Waals surface area contributed by atoms with Gasteiger partial charge in [-0.05, 0) is 49.9 Å². The van der Waals surface area contributed by atoms with Crippen LogP contribution in [0.4, 0.5) is 0 Å². The molecule has 1 rings (SSSR count). The monoisotopic (exact) mass is 312 g/mol. The summed E-state index contributed by atoms with van der Waals surface area (Å²) in [5.41, 5.74) is 3.37. The molecule has 0 heterocycles. The fourth-order valence-corrected chi connectivity index (χ4v) is 3.82. The molecular formula is C15H24N2O3S. The Bertz CT molecular complexity index is 690. The zero-order valence-corrected chi connectivity index (χ0v) is 14.8. The van der Waals surface area contributed by atoms with Crippen LogP contribution in [0.25, 0.3) is 0 Å². The maximum absolute atomic E-state index is 12.6. The molecule has 0 saturated heterocycles. The number of hydrogen-bond donors (Lipinski definition) is 0.